The van der Waals surface area contributed by atoms with Crippen LogP contribution in [0.3, 0.4) is 0 Å². The molecule has 1 heterocycles. The van der Waals surface area contributed by atoms with Gasteiger partial charge in [-0.05, 0) is 30.7 Å². The number of carboxylic acids is 1. The van der Waals surface area contributed by atoms with Crippen LogP contribution in [0.5, 0.6) is 0 Å². The van der Waals surface area contributed by atoms with Gasteiger partial charge in [0.1, 0.15) is 0 Å². The quantitative estimate of drug-likeness (QED) is 0.803. The molecule has 0 saturated heterocycles. The number of thiazole rings is 1. The van der Waals surface area contributed by atoms with Crippen molar-refractivity contribution >= 4 is 29.3 Å². The Bertz CT molecular complexity index is 690. The number of hydrogen-bond acceptors (Lipinski definition) is 4. The normalized spacial score (nSPS) is 10.8. The van der Waals surface area contributed by atoms with E-state index in [1.165, 1.54) is 18.2 Å². The largest absolute Gasteiger partial charge is 0.478 e. The molecule has 1 aromatic heterocycles. The molecule has 1 aromatic carbocycles. The molecule has 2 rings (SSSR count). The second-order valence-electron chi connectivity index (χ2n) is 4.66. The zero-order valence-electron chi connectivity index (χ0n) is 12.1. The molecule has 2 aromatic rings. The Balaban J connectivity index is 1.79. The van der Waals surface area contributed by atoms with Gasteiger partial charge in [-0.1, -0.05) is 12.1 Å². The van der Waals surface area contributed by atoms with Gasteiger partial charge in [-0.25, -0.2) is 9.78 Å². The summed E-state index contributed by atoms with van der Waals surface area (Å²) in [6, 6.07) is 6.32. The lowest BCUT2D eigenvalue weighted by molar-refractivity contribution is -0.116. The number of carboxylic acid groups (broad SMARTS) is 1. The van der Waals surface area contributed by atoms with Crippen LogP contribution in [0.15, 0.2) is 35.7 Å². The number of nitrogens with zero attached hydrogens (tertiary/aromatic N) is 1. The van der Waals surface area contributed by atoms with Gasteiger partial charge in [0.15, 0.2) is 0 Å². The molecule has 1 amide bonds. The molecule has 0 saturated carbocycles. The van der Waals surface area contributed by atoms with E-state index in [0.29, 0.717) is 13.0 Å². The van der Waals surface area contributed by atoms with Crippen LogP contribution in [0.2, 0.25) is 0 Å². The number of rotatable bonds is 6. The van der Waals surface area contributed by atoms with Crippen LogP contribution < -0.4 is 5.32 Å². The standard InChI is InChI=1S/C16H16N2O3S/c1-11-18-14(10-22-11)8-9-17-15(19)7-4-12-2-5-13(6-3-12)16(20)21/h2-7,10H,8-9H2,1H3,(H,17,19)(H,20,21). The number of aryl methyl sites for hydroxylation is 1. The molecule has 0 radical (unpaired) electrons. The fraction of sp³-hybridized carbons (Fsp3) is 0.188. The molecule has 0 aliphatic rings. The number of amides is 1. The van der Waals surface area contributed by atoms with E-state index in [1.54, 1.807) is 29.5 Å². The zero-order chi connectivity index (χ0) is 15.9. The Morgan fingerprint density at radius 2 is 2.05 bits per heavy atom. The number of aromatic carboxylic acids is 1. The molecule has 6 heteroatoms. The number of carbonyl (C=O) groups excluding carboxylic acids is 1. The van der Waals surface area contributed by atoms with Crippen molar-refractivity contribution in [1.29, 1.82) is 0 Å². The molecule has 0 unspecified atom stereocenters. The average molecular weight is 316 g/mol. The van der Waals surface area contributed by atoms with Crippen molar-refractivity contribution in [3.8, 4) is 0 Å². The molecule has 114 valence electrons. The van der Waals surface area contributed by atoms with Crippen molar-refractivity contribution in [3.63, 3.8) is 0 Å². The lowest BCUT2D eigenvalue weighted by Crippen LogP contribution is -2.23. The Hall–Kier alpha value is -2.47. The highest BCUT2D eigenvalue weighted by Gasteiger charge is 2.01. The lowest BCUT2D eigenvalue weighted by atomic mass is 10.1. The van der Waals surface area contributed by atoms with Gasteiger partial charge in [0.05, 0.1) is 16.3 Å². The number of hydrogen-bond donors (Lipinski definition) is 2. The SMILES string of the molecule is Cc1nc(CCNC(=O)C=Cc2ccc(C(=O)O)cc2)cs1. The van der Waals surface area contributed by atoms with Gasteiger partial charge in [-0.3, -0.25) is 4.79 Å². The van der Waals surface area contributed by atoms with Gasteiger partial charge in [-0.2, -0.15) is 0 Å². The first-order chi connectivity index (χ1) is 10.5. The first kappa shape index (κ1) is 15.9. The molecular formula is C16H16N2O3S. The van der Waals surface area contributed by atoms with E-state index in [9.17, 15) is 9.59 Å². The molecule has 0 aliphatic heterocycles. The van der Waals surface area contributed by atoms with Gasteiger partial charge in [0.25, 0.3) is 0 Å². The lowest BCUT2D eigenvalue weighted by Gasteiger charge is -2.00. The monoisotopic (exact) mass is 316 g/mol. The topological polar surface area (TPSA) is 79.3 Å². The summed E-state index contributed by atoms with van der Waals surface area (Å²) in [5.74, 6) is -1.15. The zero-order valence-corrected chi connectivity index (χ0v) is 12.9. The summed E-state index contributed by atoms with van der Waals surface area (Å²) in [5, 5.41) is 14.6. The number of carbonyl (C=O) groups is 2. The van der Waals surface area contributed by atoms with Gasteiger partial charge in [0.2, 0.25) is 5.91 Å². The molecule has 0 aliphatic carbocycles. The number of nitrogens with one attached hydrogen (secondary N) is 1. The van der Waals surface area contributed by atoms with Gasteiger partial charge in [0, 0.05) is 24.4 Å². The van der Waals surface area contributed by atoms with E-state index >= 15 is 0 Å². The van der Waals surface area contributed by atoms with Crippen LogP contribution in [0.4, 0.5) is 0 Å². The molecular weight excluding hydrogens is 300 g/mol. The summed E-state index contributed by atoms with van der Waals surface area (Å²) in [4.78, 5) is 26.7. The maximum atomic E-state index is 11.7. The van der Waals surface area contributed by atoms with E-state index in [0.717, 1.165) is 16.3 Å². The van der Waals surface area contributed by atoms with Gasteiger partial charge < -0.3 is 10.4 Å². The second-order valence-corrected chi connectivity index (χ2v) is 5.72. The summed E-state index contributed by atoms with van der Waals surface area (Å²) < 4.78 is 0. The highest BCUT2D eigenvalue weighted by Crippen LogP contribution is 2.08. The van der Waals surface area contributed by atoms with Crippen LogP contribution in [0.1, 0.15) is 26.6 Å². The van der Waals surface area contributed by atoms with E-state index in [-0.39, 0.29) is 11.5 Å². The van der Waals surface area contributed by atoms with Crippen molar-refractivity contribution in [3.05, 3.63) is 57.6 Å². The Morgan fingerprint density at radius 3 is 2.64 bits per heavy atom. The predicted molar refractivity (Wildman–Crippen MR) is 86.0 cm³/mol. The van der Waals surface area contributed by atoms with Crippen molar-refractivity contribution in [2.45, 2.75) is 13.3 Å². The summed E-state index contributed by atoms with van der Waals surface area (Å²) in [6.07, 6.45) is 3.78. The average Bonchev–Trinajstić information content (AvgIpc) is 2.91. The first-order valence-electron chi connectivity index (χ1n) is 6.75. The second kappa shape index (κ2) is 7.51. The van der Waals surface area contributed by atoms with Crippen LogP contribution in [-0.4, -0.2) is 28.5 Å². The summed E-state index contributed by atoms with van der Waals surface area (Å²) in [7, 11) is 0. The minimum absolute atomic E-state index is 0.186. The fourth-order valence-corrected chi connectivity index (χ4v) is 2.45. The predicted octanol–water partition coefficient (Wildman–Crippen LogP) is 2.52. The van der Waals surface area contributed by atoms with Crippen LogP contribution >= 0.6 is 11.3 Å². The molecule has 0 bridgehead atoms. The van der Waals surface area contributed by atoms with Crippen molar-refractivity contribution < 1.29 is 14.7 Å². The van der Waals surface area contributed by atoms with E-state index in [4.69, 9.17) is 5.11 Å². The van der Waals surface area contributed by atoms with Gasteiger partial charge in [-0.15, -0.1) is 11.3 Å². The minimum Gasteiger partial charge on any atom is -0.478 e. The molecule has 2 N–H and O–H groups in total. The van der Waals surface area contributed by atoms with E-state index in [1.807, 2.05) is 12.3 Å². The third-order valence-electron chi connectivity index (χ3n) is 2.93. The highest BCUT2D eigenvalue weighted by atomic mass is 32.1. The minimum atomic E-state index is -0.967. The third-order valence-corrected chi connectivity index (χ3v) is 3.75. The van der Waals surface area contributed by atoms with Gasteiger partial charge >= 0.3 is 5.97 Å². The van der Waals surface area contributed by atoms with Crippen molar-refractivity contribution in [1.82, 2.24) is 10.3 Å². The van der Waals surface area contributed by atoms with Crippen LogP contribution in [-0.2, 0) is 11.2 Å². The first-order valence-corrected chi connectivity index (χ1v) is 7.63. The summed E-state index contributed by atoms with van der Waals surface area (Å²) in [5.41, 5.74) is 1.98. The van der Waals surface area contributed by atoms with Crippen LogP contribution in [0, 0.1) is 6.92 Å². The van der Waals surface area contributed by atoms with Crippen molar-refractivity contribution in [2.24, 2.45) is 0 Å². The third kappa shape index (κ3) is 4.82. The molecule has 0 spiro atoms. The Kier molecular flexibility index (Phi) is 5.43. The molecule has 0 atom stereocenters. The van der Waals surface area contributed by atoms with E-state index < -0.39 is 5.97 Å². The maximum Gasteiger partial charge on any atom is 0.335 e. The van der Waals surface area contributed by atoms with Crippen LogP contribution in [0.25, 0.3) is 6.08 Å². The molecule has 5 nitrogen and oxygen atoms in total. The fourth-order valence-electron chi connectivity index (χ4n) is 1.80. The Labute approximate surface area is 132 Å². The van der Waals surface area contributed by atoms with Crippen molar-refractivity contribution in [2.75, 3.05) is 6.54 Å². The Morgan fingerprint density at radius 1 is 1.32 bits per heavy atom. The highest BCUT2D eigenvalue weighted by molar-refractivity contribution is 7.09. The summed E-state index contributed by atoms with van der Waals surface area (Å²) in [6.45, 7) is 2.48. The number of aromatic nitrogens is 1. The molecule has 22 heavy (non-hydrogen) atoms. The smallest absolute Gasteiger partial charge is 0.335 e. The van der Waals surface area contributed by atoms with E-state index in [2.05, 4.69) is 10.3 Å². The number of benzene rings is 1. The maximum absolute atomic E-state index is 11.7. The molecule has 0 fully saturated rings. The summed E-state index contributed by atoms with van der Waals surface area (Å²) >= 11 is 1.59.